The van der Waals surface area contributed by atoms with Gasteiger partial charge in [0.1, 0.15) is 0 Å². The molecule has 1 aromatic rings. The van der Waals surface area contributed by atoms with Gasteiger partial charge in [-0.15, -0.1) is 11.3 Å². The van der Waals surface area contributed by atoms with Gasteiger partial charge in [0.25, 0.3) is 0 Å². The van der Waals surface area contributed by atoms with Gasteiger partial charge < -0.3 is 5.32 Å². The summed E-state index contributed by atoms with van der Waals surface area (Å²) in [6.45, 7) is 6.72. The Kier molecular flexibility index (Phi) is 4.20. The lowest BCUT2D eigenvalue weighted by molar-refractivity contribution is 0.135. The van der Waals surface area contributed by atoms with E-state index in [1.165, 1.54) is 48.5 Å². The van der Waals surface area contributed by atoms with Gasteiger partial charge in [-0.05, 0) is 45.6 Å². The van der Waals surface area contributed by atoms with Crippen molar-refractivity contribution < 1.29 is 0 Å². The first kappa shape index (κ1) is 13.5. The fraction of sp³-hybridized carbons (Fsp3) is 0.800. The molecular formula is C15H25N3S. The molecule has 2 fully saturated rings. The van der Waals surface area contributed by atoms with Gasteiger partial charge in [-0.3, -0.25) is 4.90 Å². The zero-order chi connectivity index (χ0) is 13.2. The van der Waals surface area contributed by atoms with Crippen molar-refractivity contribution in [2.24, 2.45) is 0 Å². The van der Waals surface area contributed by atoms with Gasteiger partial charge in [0.05, 0.1) is 5.01 Å². The van der Waals surface area contributed by atoms with Gasteiger partial charge in [-0.2, -0.15) is 0 Å². The molecular weight excluding hydrogens is 254 g/mol. The first-order valence-electron chi connectivity index (χ1n) is 7.66. The van der Waals surface area contributed by atoms with E-state index in [-0.39, 0.29) is 0 Å². The molecule has 2 atom stereocenters. The van der Waals surface area contributed by atoms with Gasteiger partial charge in [-0.25, -0.2) is 4.98 Å². The number of aromatic nitrogens is 1. The van der Waals surface area contributed by atoms with Crippen LogP contribution in [0.2, 0.25) is 0 Å². The minimum absolute atomic E-state index is 0.779. The van der Waals surface area contributed by atoms with E-state index in [9.17, 15) is 0 Å². The predicted molar refractivity (Wildman–Crippen MR) is 80.5 cm³/mol. The molecule has 3 heterocycles. The number of thiazole rings is 1. The molecule has 0 saturated carbocycles. The number of aryl methyl sites for hydroxylation is 1. The Morgan fingerprint density at radius 1 is 1.37 bits per heavy atom. The molecule has 2 aliphatic heterocycles. The van der Waals surface area contributed by atoms with Crippen LogP contribution >= 0.6 is 11.3 Å². The summed E-state index contributed by atoms with van der Waals surface area (Å²) in [6, 6.07) is 2.35. The fourth-order valence-electron chi connectivity index (χ4n) is 3.68. The monoisotopic (exact) mass is 279 g/mol. The van der Waals surface area contributed by atoms with E-state index in [1.54, 1.807) is 0 Å². The number of rotatable bonds is 5. The largest absolute Gasteiger partial charge is 0.311 e. The highest BCUT2D eigenvalue weighted by molar-refractivity contribution is 7.11. The van der Waals surface area contributed by atoms with E-state index in [2.05, 4.69) is 35.2 Å². The Morgan fingerprint density at radius 2 is 2.11 bits per heavy atom. The Labute approximate surface area is 120 Å². The van der Waals surface area contributed by atoms with Crippen molar-refractivity contribution in [1.82, 2.24) is 15.2 Å². The van der Waals surface area contributed by atoms with Crippen LogP contribution in [0.3, 0.4) is 0 Å². The minimum Gasteiger partial charge on any atom is -0.311 e. The summed E-state index contributed by atoms with van der Waals surface area (Å²) in [7, 11) is 0. The van der Waals surface area contributed by atoms with Crippen molar-refractivity contribution in [2.75, 3.05) is 6.54 Å². The van der Waals surface area contributed by atoms with Gasteiger partial charge in [0.15, 0.2) is 0 Å². The van der Waals surface area contributed by atoms with Crippen LogP contribution in [0.1, 0.15) is 48.9 Å². The molecule has 3 nitrogen and oxygen atoms in total. The lowest BCUT2D eigenvalue weighted by atomic mass is 9.98. The van der Waals surface area contributed by atoms with E-state index in [0.29, 0.717) is 0 Å². The van der Waals surface area contributed by atoms with Crippen LogP contribution in [-0.4, -0.2) is 34.6 Å². The third-order valence-corrected chi connectivity index (χ3v) is 5.40. The summed E-state index contributed by atoms with van der Waals surface area (Å²) in [6.07, 6.45) is 8.78. The molecule has 0 spiro atoms. The average Bonchev–Trinajstić information content (AvgIpc) is 2.95. The molecule has 2 saturated heterocycles. The lowest BCUT2D eigenvalue weighted by Gasteiger charge is -2.37. The van der Waals surface area contributed by atoms with Crippen LogP contribution in [-0.2, 0) is 6.54 Å². The molecule has 2 aliphatic rings. The van der Waals surface area contributed by atoms with E-state index in [0.717, 1.165) is 24.7 Å². The van der Waals surface area contributed by atoms with Crippen molar-refractivity contribution in [1.29, 1.82) is 0 Å². The Balaban J connectivity index is 1.66. The maximum Gasteiger partial charge on any atom is 0.0897 e. The smallest absolute Gasteiger partial charge is 0.0897 e. The molecule has 1 N–H and O–H groups in total. The molecule has 0 aromatic carbocycles. The van der Waals surface area contributed by atoms with Crippen LogP contribution in [0.4, 0.5) is 0 Å². The normalized spacial score (nSPS) is 30.2. The molecule has 2 unspecified atom stereocenters. The van der Waals surface area contributed by atoms with Crippen LogP contribution in [0.5, 0.6) is 0 Å². The van der Waals surface area contributed by atoms with Crippen LogP contribution in [0.15, 0.2) is 6.20 Å². The molecule has 0 radical (unpaired) electrons. The van der Waals surface area contributed by atoms with Crippen molar-refractivity contribution in [3.8, 4) is 0 Å². The number of hydrogen-bond acceptors (Lipinski definition) is 4. The van der Waals surface area contributed by atoms with Gasteiger partial charge in [-0.1, -0.05) is 6.92 Å². The lowest BCUT2D eigenvalue weighted by Crippen LogP contribution is -2.48. The number of nitrogens with one attached hydrogen (secondary N) is 1. The van der Waals surface area contributed by atoms with E-state index in [1.807, 2.05) is 11.3 Å². The summed E-state index contributed by atoms with van der Waals surface area (Å²) < 4.78 is 0. The summed E-state index contributed by atoms with van der Waals surface area (Å²) in [4.78, 5) is 8.53. The second-order valence-electron chi connectivity index (χ2n) is 6.08. The topological polar surface area (TPSA) is 28.2 Å². The second kappa shape index (κ2) is 5.90. The van der Waals surface area contributed by atoms with Crippen molar-refractivity contribution in [3.05, 3.63) is 16.1 Å². The van der Waals surface area contributed by atoms with Crippen molar-refractivity contribution >= 4 is 11.3 Å². The Bertz CT molecular complexity index is 405. The summed E-state index contributed by atoms with van der Waals surface area (Å²) in [5.41, 5.74) is 0. The van der Waals surface area contributed by atoms with Crippen LogP contribution < -0.4 is 5.32 Å². The molecule has 106 valence electrons. The number of piperidine rings is 1. The molecule has 1 aromatic heterocycles. The SMILES string of the molecule is CCCN(Cc1cnc(C)s1)C1CC2CCC(C1)N2. The number of nitrogens with zero attached hydrogens (tertiary/aromatic N) is 2. The molecule has 0 amide bonds. The third kappa shape index (κ3) is 3.18. The van der Waals surface area contributed by atoms with E-state index < -0.39 is 0 Å². The Hall–Kier alpha value is -0.450. The molecule has 2 bridgehead atoms. The molecule has 3 rings (SSSR count). The van der Waals surface area contributed by atoms with Gasteiger partial charge in [0.2, 0.25) is 0 Å². The van der Waals surface area contributed by atoms with Gasteiger partial charge in [0, 0.05) is 35.7 Å². The second-order valence-corrected chi connectivity index (χ2v) is 7.40. The first-order valence-corrected chi connectivity index (χ1v) is 8.47. The van der Waals surface area contributed by atoms with Gasteiger partial charge >= 0.3 is 0 Å². The molecule has 0 aliphatic carbocycles. The van der Waals surface area contributed by atoms with Crippen molar-refractivity contribution in [2.45, 2.75) is 70.6 Å². The van der Waals surface area contributed by atoms with E-state index in [4.69, 9.17) is 0 Å². The van der Waals surface area contributed by atoms with E-state index >= 15 is 0 Å². The highest BCUT2D eigenvalue weighted by Crippen LogP contribution is 2.31. The predicted octanol–water partition coefficient (Wildman–Crippen LogP) is 2.95. The highest BCUT2D eigenvalue weighted by Gasteiger charge is 2.35. The fourth-order valence-corrected chi connectivity index (χ4v) is 4.50. The standard InChI is InChI=1S/C15H25N3S/c1-3-6-18(10-15-9-16-11(2)19-15)14-7-12-4-5-13(8-14)17-12/h9,12-14,17H,3-8,10H2,1-2H3. The van der Waals surface area contributed by atoms with Crippen LogP contribution in [0.25, 0.3) is 0 Å². The first-order chi connectivity index (χ1) is 9.24. The summed E-state index contributed by atoms with van der Waals surface area (Å²) in [5, 5.41) is 4.94. The summed E-state index contributed by atoms with van der Waals surface area (Å²) in [5.74, 6) is 0. The quantitative estimate of drug-likeness (QED) is 0.898. The maximum atomic E-state index is 4.40. The average molecular weight is 279 g/mol. The molecule has 19 heavy (non-hydrogen) atoms. The summed E-state index contributed by atoms with van der Waals surface area (Å²) >= 11 is 1.85. The van der Waals surface area contributed by atoms with Crippen molar-refractivity contribution in [3.63, 3.8) is 0 Å². The zero-order valence-corrected chi connectivity index (χ0v) is 12.9. The highest BCUT2D eigenvalue weighted by atomic mass is 32.1. The maximum absolute atomic E-state index is 4.40. The number of hydrogen-bond donors (Lipinski definition) is 1. The zero-order valence-electron chi connectivity index (χ0n) is 12.1. The van der Waals surface area contributed by atoms with Crippen LogP contribution in [0, 0.1) is 6.92 Å². The molecule has 4 heteroatoms. The minimum atomic E-state index is 0.779. The Morgan fingerprint density at radius 3 is 2.68 bits per heavy atom. The third-order valence-electron chi connectivity index (χ3n) is 4.50. The number of fused-ring (bicyclic) bond motifs is 2.